The van der Waals surface area contributed by atoms with E-state index in [4.69, 9.17) is 9.47 Å². The molecule has 0 amide bonds. The summed E-state index contributed by atoms with van der Waals surface area (Å²) in [7, 11) is 0. The second kappa shape index (κ2) is 7.70. The molecule has 2 aromatic carbocycles. The van der Waals surface area contributed by atoms with Gasteiger partial charge in [0.15, 0.2) is 0 Å². The zero-order valence-corrected chi connectivity index (χ0v) is 12.9. The summed E-state index contributed by atoms with van der Waals surface area (Å²) in [4.78, 5) is 0. The number of hydrogen-bond acceptors (Lipinski definition) is 3. The molecular weight excluding hydrogens is 262 g/mol. The normalized spacial score (nSPS) is 10.7. The molecule has 0 fully saturated rings. The molecule has 0 aliphatic rings. The molecule has 0 radical (unpaired) electrons. The van der Waals surface area contributed by atoms with Gasteiger partial charge in [-0.2, -0.15) is 0 Å². The predicted molar refractivity (Wildman–Crippen MR) is 86.1 cm³/mol. The number of hydrogen-bond donors (Lipinski definition) is 1. The minimum absolute atomic E-state index is 0.448. The van der Waals surface area contributed by atoms with E-state index in [2.05, 4.69) is 25.2 Å². The Labute approximate surface area is 126 Å². The summed E-state index contributed by atoms with van der Waals surface area (Å²) >= 11 is 0. The molecule has 1 N–H and O–H groups in total. The van der Waals surface area contributed by atoms with Crippen molar-refractivity contribution in [1.29, 1.82) is 0 Å². The highest BCUT2D eigenvalue weighted by molar-refractivity contribution is 5.39. The van der Waals surface area contributed by atoms with Gasteiger partial charge in [-0.15, -0.1) is 0 Å². The highest BCUT2D eigenvalue weighted by atomic mass is 16.5. The Bertz CT molecular complexity index is 549. The van der Waals surface area contributed by atoms with Gasteiger partial charge in [-0.1, -0.05) is 32.0 Å². The van der Waals surface area contributed by atoms with Crippen molar-refractivity contribution < 1.29 is 9.47 Å². The molecule has 0 aliphatic carbocycles. The third kappa shape index (κ3) is 4.80. The van der Waals surface area contributed by atoms with Gasteiger partial charge in [0.1, 0.15) is 17.2 Å². The summed E-state index contributed by atoms with van der Waals surface area (Å²) in [6, 6.07) is 16.2. The lowest BCUT2D eigenvalue weighted by molar-refractivity contribution is 0.339. The Morgan fingerprint density at radius 1 is 0.952 bits per heavy atom. The van der Waals surface area contributed by atoms with Gasteiger partial charge in [-0.05, 0) is 37.3 Å². The second-order valence-electron chi connectivity index (χ2n) is 5.15. The molecule has 0 saturated carbocycles. The van der Waals surface area contributed by atoms with E-state index in [1.807, 2.05) is 49.4 Å². The molecule has 0 aliphatic heterocycles. The van der Waals surface area contributed by atoms with E-state index in [1.165, 1.54) is 0 Å². The molecule has 21 heavy (non-hydrogen) atoms. The van der Waals surface area contributed by atoms with E-state index in [-0.39, 0.29) is 0 Å². The van der Waals surface area contributed by atoms with Gasteiger partial charge in [0, 0.05) is 18.2 Å². The van der Waals surface area contributed by atoms with E-state index in [0.717, 1.165) is 29.4 Å². The van der Waals surface area contributed by atoms with Crippen LogP contribution in [0.5, 0.6) is 17.2 Å². The molecule has 112 valence electrons. The maximum Gasteiger partial charge on any atom is 0.131 e. The second-order valence-corrected chi connectivity index (χ2v) is 5.15. The van der Waals surface area contributed by atoms with Crippen LogP contribution in [-0.4, -0.2) is 12.6 Å². The van der Waals surface area contributed by atoms with Gasteiger partial charge in [0.2, 0.25) is 0 Å². The van der Waals surface area contributed by atoms with Crippen molar-refractivity contribution >= 4 is 0 Å². The summed E-state index contributed by atoms with van der Waals surface area (Å²) in [5.41, 5.74) is 1.15. The number of ether oxygens (including phenoxy) is 2. The van der Waals surface area contributed by atoms with Crippen molar-refractivity contribution in [3.63, 3.8) is 0 Å². The van der Waals surface area contributed by atoms with Crippen LogP contribution in [0.25, 0.3) is 0 Å². The van der Waals surface area contributed by atoms with Gasteiger partial charge in [-0.3, -0.25) is 0 Å². The molecule has 0 saturated heterocycles. The lowest BCUT2D eigenvalue weighted by Crippen LogP contribution is -2.22. The maximum atomic E-state index is 5.98. The molecule has 2 rings (SSSR count). The largest absolute Gasteiger partial charge is 0.494 e. The number of benzene rings is 2. The summed E-state index contributed by atoms with van der Waals surface area (Å²) in [5, 5.41) is 3.41. The quantitative estimate of drug-likeness (QED) is 0.819. The lowest BCUT2D eigenvalue weighted by atomic mass is 10.2. The number of nitrogens with one attached hydrogen (secondary N) is 1. The smallest absolute Gasteiger partial charge is 0.131 e. The van der Waals surface area contributed by atoms with Crippen LogP contribution in [0.2, 0.25) is 0 Å². The summed E-state index contributed by atoms with van der Waals surface area (Å²) in [6.45, 7) is 7.71. The lowest BCUT2D eigenvalue weighted by Gasteiger charge is -2.13. The Morgan fingerprint density at radius 2 is 1.62 bits per heavy atom. The first-order valence-electron chi connectivity index (χ1n) is 7.41. The van der Waals surface area contributed by atoms with Crippen LogP contribution in [0.4, 0.5) is 0 Å². The summed E-state index contributed by atoms with van der Waals surface area (Å²) in [6.07, 6.45) is 0. The van der Waals surface area contributed by atoms with Crippen LogP contribution in [0.3, 0.4) is 0 Å². The average molecular weight is 285 g/mol. The highest BCUT2D eigenvalue weighted by Crippen LogP contribution is 2.26. The topological polar surface area (TPSA) is 30.5 Å². The molecule has 0 aromatic heterocycles. The van der Waals surface area contributed by atoms with Crippen LogP contribution >= 0.6 is 0 Å². The summed E-state index contributed by atoms with van der Waals surface area (Å²) < 4.78 is 11.4. The zero-order chi connectivity index (χ0) is 15.1. The van der Waals surface area contributed by atoms with E-state index in [0.29, 0.717) is 12.6 Å². The van der Waals surface area contributed by atoms with Crippen LogP contribution in [0.15, 0.2) is 48.5 Å². The first-order chi connectivity index (χ1) is 10.2. The van der Waals surface area contributed by atoms with Gasteiger partial charge in [0.05, 0.1) is 6.61 Å². The number of para-hydroxylation sites is 1. The Hall–Kier alpha value is -2.00. The standard InChI is InChI=1S/C18H23NO2/c1-4-20-16-9-11-17(12-10-16)21-18-8-6-5-7-15(18)13-19-14(2)3/h5-12,14,19H,4,13H2,1-3H3. The van der Waals surface area contributed by atoms with E-state index < -0.39 is 0 Å². The van der Waals surface area contributed by atoms with Crippen molar-refractivity contribution in [2.75, 3.05) is 6.61 Å². The van der Waals surface area contributed by atoms with Crippen molar-refractivity contribution in [2.45, 2.75) is 33.4 Å². The minimum atomic E-state index is 0.448. The third-order valence-electron chi connectivity index (χ3n) is 3.04. The van der Waals surface area contributed by atoms with E-state index in [1.54, 1.807) is 0 Å². The maximum absolute atomic E-state index is 5.98. The fraction of sp³-hybridized carbons (Fsp3) is 0.333. The van der Waals surface area contributed by atoms with Gasteiger partial charge < -0.3 is 14.8 Å². The van der Waals surface area contributed by atoms with Gasteiger partial charge in [0.25, 0.3) is 0 Å². The molecule has 0 atom stereocenters. The molecule has 0 spiro atoms. The molecule has 0 bridgehead atoms. The van der Waals surface area contributed by atoms with Crippen molar-refractivity contribution in [3.8, 4) is 17.2 Å². The SMILES string of the molecule is CCOc1ccc(Oc2ccccc2CNC(C)C)cc1. The first kappa shape index (κ1) is 15.4. The van der Waals surface area contributed by atoms with E-state index >= 15 is 0 Å². The third-order valence-corrected chi connectivity index (χ3v) is 3.04. The minimum Gasteiger partial charge on any atom is -0.494 e. The molecule has 3 heteroatoms. The first-order valence-corrected chi connectivity index (χ1v) is 7.41. The van der Waals surface area contributed by atoms with Gasteiger partial charge in [-0.25, -0.2) is 0 Å². The highest BCUT2D eigenvalue weighted by Gasteiger charge is 2.05. The van der Waals surface area contributed by atoms with Crippen LogP contribution in [0.1, 0.15) is 26.3 Å². The molecule has 2 aromatic rings. The number of rotatable bonds is 7. The van der Waals surface area contributed by atoms with Crippen molar-refractivity contribution in [3.05, 3.63) is 54.1 Å². The van der Waals surface area contributed by atoms with Gasteiger partial charge >= 0.3 is 0 Å². The van der Waals surface area contributed by atoms with Crippen LogP contribution in [-0.2, 0) is 6.54 Å². The van der Waals surface area contributed by atoms with E-state index in [9.17, 15) is 0 Å². The fourth-order valence-corrected chi connectivity index (χ4v) is 1.96. The van der Waals surface area contributed by atoms with Crippen LogP contribution in [0, 0.1) is 0 Å². The Balaban J connectivity index is 2.08. The fourth-order valence-electron chi connectivity index (χ4n) is 1.96. The summed E-state index contributed by atoms with van der Waals surface area (Å²) in [5.74, 6) is 2.56. The Morgan fingerprint density at radius 3 is 2.29 bits per heavy atom. The molecular formula is C18H23NO2. The average Bonchev–Trinajstić information content (AvgIpc) is 2.48. The molecule has 0 unspecified atom stereocenters. The predicted octanol–water partition coefficient (Wildman–Crippen LogP) is 4.38. The zero-order valence-electron chi connectivity index (χ0n) is 12.9. The van der Waals surface area contributed by atoms with Crippen molar-refractivity contribution in [1.82, 2.24) is 5.32 Å². The molecule has 0 heterocycles. The molecule has 3 nitrogen and oxygen atoms in total. The monoisotopic (exact) mass is 285 g/mol. The van der Waals surface area contributed by atoms with Crippen LogP contribution < -0.4 is 14.8 Å². The van der Waals surface area contributed by atoms with Crippen molar-refractivity contribution in [2.24, 2.45) is 0 Å². The Kier molecular flexibility index (Phi) is 5.64.